The average molecular weight is 334 g/mol. The summed E-state index contributed by atoms with van der Waals surface area (Å²) in [5.41, 5.74) is 0.909. The molecule has 7 nitrogen and oxygen atoms in total. The zero-order valence-electron chi connectivity index (χ0n) is 9.99. The van der Waals surface area contributed by atoms with Gasteiger partial charge in [-0.15, -0.1) is 5.10 Å². The van der Waals surface area contributed by atoms with E-state index < -0.39 is 0 Å². The fourth-order valence-electron chi connectivity index (χ4n) is 1.63. The maximum atomic E-state index is 12.0. The van der Waals surface area contributed by atoms with Gasteiger partial charge in [-0.05, 0) is 34.1 Å². The number of hydrogen-bond acceptors (Lipinski definition) is 5. The predicted octanol–water partition coefficient (Wildman–Crippen LogP) is 1.84. The molecule has 3 aromatic heterocycles. The molecule has 2 N–H and O–H groups in total. The number of fused-ring (bicyclic) bond motifs is 1. The second-order valence-electron chi connectivity index (χ2n) is 3.97. The molecule has 0 aromatic carbocycles. The Balaban J connectivity index is 1.87. The molecular weight excluding hydrogens is 326 g/mol. The number of amides is 1. The Morgan fingerprint density at radius 1 is 1.35 bits per heavy atom. The normalized spacial score (nSPS) is 10.7. The maximum Gasteiger partial charge on any atom is 0.259 e. The number of aromatic nitrogens is 4. The molecule has 0 bridgehead atoms. The molecule has 0 aliphatic rings. The third-order valence-corrected chi connectivity index (χ3v) is 2.94. The molecule has 0 unspecified atom stereocenters. The van der Waals surface area contributed by atoms with Crippen molar-refractivity contribution in [2.45, 2.75) is 0 Å². The smallest absolute Gasteiger partial charge is 0.259 e. The summed E-state index contributed by atoms with van der Waals surface area (Å²) in [6.45, 7) is 0. The van der Waals surface area contributed by atoms with Gasteiger partial charge in [0.05, 0.1) is 11.8 Å². The number of halogens is 1. The van der Waals surface area contributed by atoms with E-state index in [9.17, 15) is 9.90 Å². The Hall–Kier alpha value is -2.48. The van der Waals surface area contributed by atoms with Crippen LogP contribution in [0.3, 0.4) is 0 Å². The fraction of sp³-hybridized carbons (Fsp3) is 0. The number of hydrogen-bond donors (Lipinski definition) is 2. The lowest BCUT2D eigenvalue weighted by Crippen LogP contribution is -2.13. The number of rotatable bonds is 2. The molecule has 8 heteroatoms. The zero-order valence-corrected chi connectivity index (χ0v) is 11.6. The summed E-state index contributed by atoms with van der Waals surface area (Å²) in [7, 11) is 0. The van der Waals surface area contributed by atoms with Gasteiger partial charge in [0.15, 0.2) is 5.65 Å². The number of nitrogens with one attached hydrogen (secondary N) is 1. The van der Waals surface area contributed by atoms with Crippen LogP contribution in [0.5, 0.6) is 5.75 Å². The van der Waals surface area contributed by atoms with E-state index in [0.717, 1.165) is 0 Å². The summed E-state index contributed by atoms with van der Waals surface area (Å²) in [6.07, 6.45) is 4.43. The van der Waals surface area contributed by atoms with Crippen LogP contribution < -0.4 is 5.32 Å². The van der Waals surface area contributed by atoms with Gasteiger partial charge in [0.1, 0.15) is 5.75 Å². The second kappa shape index (κ2) is 4.89. The lowest BCUT2D eigenvalue weighted by Gasteiger charge is -2.00. The third-order valence-electron chi connectivity index (χ3n) is 2.51. The van der Waals surface area contributed by atoms with E-state index in [2.05, 4.69) is 36.3 Å². The van der Waals surface area contributed by atoms with Crippen molar-refractivity contribution in [3.8, 4) is 5.75 Å². The van der Waals surface area contributed by atoms with Gasteiger partial charge in [0.25, 0.3) is 5.91 Å². The molecule has 3 aromatic rings. The molecule has 0 aliphatic carbocycles. The Morgan fingerprint density at radius 2 is 2.20 bits per heavy atom. The van der Waals surface area contributed by atoms with Crippen LogP contribution in [0, 0.1) is 0 Å². The highest BCUT2D eigenvalue weighted by Crippen LogP contribution is 2.13. The van der Waals surface area contributed by atoms with Crippen molar-refractivity contribution in [2.24, 2.45) is 0 Å². The van der Waals surface area contributed by atoms with Crippen LogP contribution in [-0.2, 0) is 0 Å². The van der Waals surface area contributed by atoms with Crippen LogP contribution in [-0.4, -0.2) is 30.6 Å². The minimum absolute atomic E-state index is 0.0662. The molecule has 0 saturated heterocycles. The number of carbonyl (C=O) groups is 1. The highest BCUT2D eigenvalue weighted by atomic mass is 79.9. The Kier molecular flexibility index (Phi) is 3.07. The van der Waals surface area contributed by atoms with Crippen LogP contribution in [0.1, 0.15) is 10.4 Å². The van der Waals surface area contributed by atoms with Crippen LogP contribution in [0.15, 0.2) is 41.3 Å². The SMILES string of the molecule is O=C(Nc1nc2ccc(O)cn2n1)c1cncc(Br)c1. The molecule has 3 rings (SSSR count). The van der Waals surface area contributed by atoms with E-state index in [1.165, 1.54) is 23.0 Å². The quantitative estimate of drug-likeness (QED) is 0.746. The summed E-state index contributed by atoms with van der Waals surface area (Å²) in [5.74, 6) is -0.143. The molecule has 3 heterocycles. The van der Waals surface area contributed by atoms with Crippen molar-refractivity contribution in [1.29, 1.82) is 0 Å². The lowest BCUT2D eigenvalue weighted by atomic mass is 10.3. The molecule has 0 spiro atoms. The minimum Gasteiger partial charge on any atom is -0.506 e. The van der Waals surface area contributed by atoms with E-state index in [-0.39, 0.29) is 17.6 Å². The third kappa shape index (κ3) is 2.45. The van der Waals surface area contributed by atoms with Gasteiger partial charge in [-0.25, -0.2) is 4.52 Å². The molecule has 20 heavy (non-hydrogen) atoms. The summed E-state index contributed by atoms with van der Waals surface area (Å²) in [4.78, 5) is 20.0. The molecule has 0 radical (unpaired) electrons. The topological polar surface area (TPSA) is 92.4 Å². The standard InChI is InChI=1S/C12H8BrN5O2/c13-8-3-7(4-14-5-8)11(20)16-12-15-10-2-1-9(19)6-18(10)17-12/h1-6,19H,(H,16,17,20). The first-order valence-electron chi connectivity index (χ1n) is 5.59. The second-order valence-corrected chi connectivity index (χ2v) is 4.89. The summed E-state index contributed by atoms with van der Waals surface area (Å²) < 4.78 is 2.09. The van der Waals surface area contributed by atoms with Gasteiger partial charge >= 0.3 is 0 Å². The highest BCUT2D eigenvalue weighted by molar-refractivity contribution is 9.10. The van der Waals surface area contributed by atoms with Crippen LogP contribution in [0.4, 0.5) is 5.95 Å². The van der Waals surface area contributed by atoms with Crippen LogP contribution in [0.2, 0.25) is 0 Å². The number of aromatic hydroxyl groups is 1. The van der Waals surface area contributed by atoms with Crippen molar-refractivity contribution < 1.29 is 9.90 Å². The highest BCUT2D eigenvalue weighted by Gasteiger charge is 2.11. The Labute approximate surface area is 121 Å². The van der Waals surface area contributed by atoms with Crippen molar-refractivity contribution in [3.05, 3.63) is 46.8 Å². The molecule has 0 fully saturated rings. The van der Waals surface area contributed by atoms with Crippen molar-refractivity contribution in [1.82, 2.24) is 19.6 Å². The largest absolute Gasteiger partial charge is 0.506 e. The predicted molar refractivity (Wildman–Crippen MR) is 74.5 cm³/mol. The minimum atomic E-state index is -0.362. The average Bonchev–Trinajstić information content (AvgIpc) is 2.80. The van der Waals surface area contributed by atoms with Crippen LogP contribution >= 0.6 is 15.9 Å². The first-order valence-corrected chi connectivity index (χ1v) is 6.38. The number of nitrogens with zero attached hydrogens (tertiary/aromatic N) is 4. The van der Waals surface area contributed by atoms with E-state index in [4.69, 9.17) is 0 Å². The first-order chi connectivity index (χ1) is 9.61. The van der Waals surface area contributed by atoms with Gasteiger partial charge < -0.3 is 5.11 Å². The summed E-state index contributed by atoms with van der Waals surface area (Å²) in [5, 5.41) is 16.0. The van der Waals surface area contributed by atoms with E-state index in [1.54, 1.807) is 18.3 Å². The summed E-state index contributed by atoms with van der Waals surface area (Å²) in [6, 6.07) is 4.73. The first kappa shape index (κ1) is 12.5. The van der Waals surface area contributed by atoms with Gasteiger partial charge in [-0.2, -0.15) is 4.98 Å². The molecule has 100 valence electrons. The van der Waals surface area contributed by atoms with E-state index >= 15 is 0 Å². The van der Waals surface area contributed by atoms with E-state index in [1.807, 2.05) is 0 Å². The monoisotopic (exact) mass is 333 g/mol. The van der Waals surface area contributed by atoms with Crippen molar-refractivity contribution in [3.63, 3.8) is 0 Å². The maximum absolute atomic E-state index is 12.0. The fourth-order valence-corrected chi connectivity index (χ4v) is 2.00. The van der Waals surface area contributed by atoms with Gasteiger partial charge in [-0.1, -0.05) is 0 Å². The molecule has 0 aliphatic heterocycles. The molecule has 1 amide bonds. The van der Waals surface area contributed by atoms with Crippen LogP contribution in [0.25, 0.3) is 5.65 Å². The Bertz CT molecular complexity index is 801. The van der Waals surface area contributed by atoms with Crippen molar-refractivity contribution >= 4 is 33.4 Å². The number of anilines is 1. The number of pyridine rings is 2. The van der Waals surface area contributed by atoms with Gasteiger partial charge in [0, 0.05) is 16.9 Å². The van der Waals surface area contributed by atoms with E-state index in [0.29, 0.717) is 15.7 Å². The number of carbonyl (C=O) groups excluding carboxylic acids is 1. The lowest BCUT2D eigenvalue weighted by molar-refractivity contribution is 0.102. The zero-order chi connectivity index (χ0) is 14.1. The molecular formula is C12H8BrN5O2. The Morgan fingerprint density at radius 3 is 3.00 bits per heavy atom. The van der Waals surface area contributed by atoms with Gasteiger partial charge in [0.2, 0.25) is 5.95 Å². The van der Waals surface area contributed by atoms with Gasteiger partial charge in [-0.3, -0.25) is 15.1 Å². The summed E-state index contributed by atoms with van der Waals surface area (Å²) >= 11 is 3.25. The molecule has 0 saturated carbocycles. The van der Waals surface area contributed by atoms with Crippen molar-refractivity contribution in [2.75, 3.05) is 5.32 Å². The molecule has 0 atom stereocenters.